The summed E-state index contributed by atoms with van der Waals surface area (Å²) in [7, 11) is 0. The lowest BCUT2D eigenvalue weighted by molar-refractivity contribution is -0.141. The fourth-order valence-electron chi connectivity index (χ4n) is 2.04. The summed E-state index contributed by atoms with van der Waals surface area (Å²) in [4.78, 5) is 23.7. The molecule has 1 saturated carbocycles. The summed E-state index contributed by atoms with van der Waals surface area (Å²) < 4.78 is 0. The van der Waals surface area contributed by atoms with Gasteiger partial charge < -0.3 is 5.32 Å². The quantitative estimate of drug-likeness (QED) is 0.800. The number of carbonyl (C=O) groups is 2. The standard InChI is InChI=1S/C13H23NO2/c1-8(2)11(15)9-6-7-10(9)12(16)14-13(3,4)5/h8-10H,6-7H2,1-5H3,(H,14,16)/t9-,10+/m1/s1. The summed E-state index contributed by atoms with van der Waals surface area (Å²) in [5, 5.41) is 2.95. The molecule has 3 nitrogen and oxygen atoms in total. The van der Waals surface area contributed by atoms with Crippen molar-refractivity contribution in [3.05, 3.63) is 0 Å². The second-order valence-electron chi connectivity index (χ2n) is 6.09. The van der Waals surface area contributed by atoms with E-state index in [1.54, 1.807) is 0 Å². The van der Waals surface area contributed by atoms with Crippen molar-refractivity contribution in [3.8, 4) is 0 Å². The topological polar surface area (TPSA) is 46.2 Å². The molecule has 1 fully saturated rings. The number of hydrogen-bond acceptors (Lipinski definition) is 2. The molecule has 0 aromatic heterocycles. The van der Waals surface area contributed by atoms with Crippen molar-refractivity contribution in [1.82, 2.24) is 5.32 Å². The van der Waals surface area contributed by atoms with E-state index in [0.29, 0.717) is 0 Å². The van der Waals surface area contributed by atoms with Crippen LogP contribution in [0.2, 0.25) is 0 Å². The first kappa shape index (κ1) is 13.2. The SMILES string of the molecule is CC(C)C(=O)[C@@H]1CC[C@@H]1C(=O)NC(C)(C)C. The Morgan fingerprint density at radius 3 is 1.94 bits per heavy atom. The van der Waals surface area contributed by atoms with Crippen molar-refractivity contribution >= 4 is 11.7 Å². The Hall–Kier alpha value is -0.860. The third-order valence-corrected chi connectivity index (χ3v) is 3.04. The fourth-order valence-corrected chi connectivity index (χ4v) is 2.04. The van der Waals surface area contributed by atoms with Crippen LogP contribution in [-0.2, 0) is 9.59 Å². The van der Waals surface area contributed by atoms with Gasteiger partial charge in [0.05, 0.1) is 0 Å². The summed E-state index contributed by atoms with van der Waals surface area (Å²) >= 11 is 0. The van der Waals surface area contributed by atoms with Gasteiger partial charge in [-0.25, -0.2) is 0 Å². The van der Waals surface area contributed by atoms with Gasteiger partial charge in [-0.1, -0.05) is 13.8 Å². The summed E-state index contributed by atoms with van der Waals surface area (Å²) in [5.74, 6) is 0.185. The highest BCUT2D eigenvalue weighted by Crippen LogP contribution is 2.37. The number of rotatable bonds is 3. The molecule has 0 aromatic carbocycles. The summed E-state index contributed by atoms with van der Waals surface area (Å²) in [6, 6.07) is 0. The van der Waals surface area contributed by atoms with Crippen LogP contribution in [-0.4, -0.2) is 17.2 Å². The fraction of sp³-hybridized carbons (Fsp3) is 0.846. The van der Waals surface area contributed by atoms with E-state index in [0.717, 1.165) is 12.8 Å². The minimum absolute atomic E-state index is 0.0373. The molecular formula is C13H23NO2. The molecule has 1 amide bonds. The monoisotopic (exact) mass is 225 g/mol. The van der Waals surface area contributed by atoms with Gasteiger partial charge in [0.2, 0.25) is 5.91 Å². The first-order chi connectivity index (χ1) is 7.22. The van der Waals surface area contributed by atoms with Gasteiger partial charge in [-0.2, -0.15) is 0 Å². The maximum Gasteiger partial charge on any atom is 0.224 e. The predicted octanol–water partition coefficient (Wildman–Crippen LogP) is 2.15. The molecule has 1 aliphatic carbocycles. The van der Waals surface area contributed by atoms with Crippen molar-refractivity contribution in [3.63, 3.8) is 0 Å². The van der Waals surface area contributed by atoms with Crippen LogP contribution in [0.3, 0.4) is 0 Å². The average Bonchev–Trinajstić information content (AvgIpc) is 1.97. The molecule has 1 N–H and O–H groups in total. The Morgan fingerprint density at radius 1 is 1.12 bits per heavy atom. The van der Waals surface area contributed by atoms with E-state index in [2.05, 4.69) is 5.32 Å². The van der Waals surface area contributed by atoms with Crippen LogP contribution in [0, 0.1) is 17.8 Å². The number of amides is 1. The zero-order valence-corrected chi connectivity index (χ0v) is 11.0. The van der Waals surface area contributed by atoms with Gasteiger partial charge in [0, 0.05) is 23.3 Å². The first-order valence-electron chi connectivity index (χ1n) is 6.08. The Morgan fingerprint density at radius 2 is 1.62 bits per heavy atom. The van der Waals surface area contributed by atoms with Crippen LogP contribution in [0.4, 0.5) is 0 Å². The van der Waals surface area contributed by atoms with Gasteiger partial charge in [-0.05, 0) is 33.6 Å². The molecule has 3 heteroatoms. The summed E-state index contributed by atoms with van der Waals surface area (Å²) in [6.07, 6.45) is 1.73. The van der Waals surface area contributed by atoms with E-state index in [4.69, 9.17) is 0 Å². The van der Waals surface area contributed by atoms with E-state index >= 15 is 0 Å². The van der Waals surface area contributed by atoms with Gasteiger partial charge in [-0.15, -0.1) is 0 Å². The number of Topliss-reactive ketones (excluding diaryl/α,β-unsaturated/α-hetero) is 1. The maximum absolute atomic E-state index is 11.9. The number of ketones is 1. The normalized spacial score (nSPS) is 25.1. The minimum Gasteiger partial charge on any atom is -0.351 e. The Bertz CT molecular complexity index is 289. The molecule has 2 atom stereocenters. The first-order valence-corrected chi connectivity index (χ1v) is 6.08. The molecule has 0 bridgehead atoms. The lowest BCUT2D eigenvalue weighted by Crippen LogP contribution is -2.50. The molecule has 0 saturated heterocycles. The number of nitrogens with one attached hydrogen (secondary N) is 1. The van der Waals surface area contributed by atoms with Crippen molar-refractivity contribution in [2.75, 3.05) is 0 Å². The van der Waals surface area contributed by atoms with Crippen molar-refractivity contribution in [1.29, 1.82) is 0 Å². The van der Waals surface area contributed by atoms with Crippen molar-refractivity contribution < 1.29 is 9.59 Å². The largest absolute Gasteiger partial charge is 0.351 e. The van der Waals surface area contributed by atoms with Gasteiger partial charge in [-0.3, -0.25) is 9.59 Å². The Kier molecular flexibility index (Phi) is 3.76. The van der Waals surface area contributed by atoms with E-state index < -0.39 is 0 Å². The molecule has 0 heterocycles. The van der Waals surface area contributed by atoms with E-state index in [1.165, 1.54) is 0 Å². The third-order valence-electron chi connectivity index (χ3n) is 3.04. The zero-order chi connectivity index (χ0) is 12.5. The lowest BCUT2D eigenvalue weighted by atomic mass is 9.68. The Balaban J connectivity index is 2.56. The predicted molar refractivity (Wildman–Crippen MR) is 64.0 cm³/mol. The zero-order valence-electron chi connectivity index (χ0n) is 11.0. The van der Waals surface area contributed by atoms with Gasteiger partial charge >= 0.3 is 0 Å². The molecule has 0 unspecified atom stereocenters. The minimum atomic E-state index is -0.210. The van der Waals surface area contributed by atoms with Gasteiger partial charge in [0.25, 0.3) is 0 Å². The van der Waals surface area contributed by atoms with Crippen LogP contribution >= 0.6 is 0 Å². The molecule has 0 aliphatic heterocycles. The molecule has 0 spiro atoms. The van der Waals surface area contributed by atoms with E-state index in [9.17, 15) is 9.59 Å². The molecule has 0 aromatic rings. The summed E-state index contributed by atoms with van der Waals surface area (Å²) in [5.41, 5.74) is -0.210. The second kappa shape index (κ2) is 4.56. The molecular weight excluding hydrogens is 202 g/mol. The van der Waals surface area contributed by atoms with Crippen LogP contribution in [0.1, 0.15) is 47.5 Å². The van der Waals surface area contributed by atoms with Gasteiger partial charge in [0.1, 0.15) is 5.78 Å². The van der Waals surface area contributed by atoms with E-state index in [1.807, 2.05) is 34.6 Å². The van der Waals surface area contributed by atoms with Crippen molar-refractivity contribution in [2.24, 2.45) is 17.8 Å². The number of hydrogen-bond donors (Lipinski definition) is 1. The smallest absolute Gasteiger partial charge is 0.224 e. The molecule has 16 heavy (non-hydrogen) atoms. The van der Waals surface area contributed by atoms with E-state index in [-0.39, 0.29) is 35.0 Å². The molecule has 0 radical (unpaired) electrons. The highest BCUT2D eigenvalue weighted by Gasteiger charge is 2.42. The molecule has 92 valence electrons. The maximum atomic E-state index is 11.9. The van der Waals surface area contributed by atoms with Crippen LogP contribution in [0.5, 0.6) is 0 Å². The third kappa shape index (κ3) is 3.06. The second-order valence-corrected chi connectivity index (χ2v) is 6.09. The summed E-state index contributed by atoms with van der Waals surface area (Å²) in [6.45, 7) is 9.69. The highest BCUT2D eigenvalue weighted by atomic mass is 16.2. The van der Waals surface area contributed by atoms with Crippen molar-refractivity contribution in [2.45, 2.75) is 53.0 Å². The average molecular weight is 225 g/mol. The lowest BCUT2D eigenvalue weighted by Gasteiger charge is -2.37. The van der Waals surface area contributed by atoms with Gasteiger partial charge in [0.15, 0.2) is 0 Å². The number of carbonyl (C=O) groups excluding carboxylic acids is 2. The van der Waals surface area contributed by atoms with Crippen LogP contribution < -0.4 is 5.32 Å². The Labute approximate surface area is 98.0 Å². The van der Waals surface area contributed by atoms with Crippen LogP contribution in [0.25, 0.3) is 0 Å². The molecule has 1 aliphatic rings. The van der Waals surface area contributed by atoms with Crippen LogP contribution in [0.15, 0.2) is 0 Å². The molecule has 1 rings (SSSR count). The highest BCUT2D eigenvalue weighted by molar-refractivity contribution is 5.91.